The molecule has 3 aliphatic heterocycles. The molecule has 0 radical (unpaired) electrons. The van der Waals surface area contributed by atoms with Crippen LogP contribution in [0.4, 0.5) is 4.79 Å². The Balaban J connectivity index is 1.38. The van der Waals surface area contributed by atoms with Gasteiger partial charge in [-0.15, -0.1) is 0 Å². The first-order valence-corrected chi connectivity index (χ1v) is 9.44. The number of hydrogen-bond acceptors (Lipinski definition) is 6. The zero-order valence-corrected chi connectivity index (χ0v) is 16.1. The van der Waals surface area contributed by atoms with Crippen LogP contribution in [0, 0.1) is 0 Å². The van der Waals surface area contributed by atoms with Gasteiger partial charge in [0.2, 0.25) is 0 Å². The third kappa shape index (κ3) is 3.80. The molecule has 1 aromatic rings. The molecule has 7 heteroatoms. The van der Waals surface area contributed by atoms with Crippen molar-refractivity contribution in [2.75, 3.05) is 32.8 Å². The van der Waals surface area contributed by atoms with Crippen LogP contribution in [0.5, 0.6) is 0 Å². The SMILES string of the molecule is CC(C)(C)OC(=O)N1CCN2C[C@H](c3ccc4c(c3)COC4=O)OC[C@@H]2C1. The van der Waals surface area contributed by atoms with Gasteiger partial charge < -0.3 is 19.1 Å². The Labute approximate surface area is 159 Å². The van der Waals surface area contributed by atoms with Crippen molar-refractivity contribution in [2.45, 2.75) is 45.1 Å². The van der Waals surface area contributed by atoms with Crippen molar-refractivity contribution < 1.29 is 23.8 Å². The quantitative estimate of drug-likeness (QED) is 0.703. The smallest absolute Gasteiger partial charge is 0.410 e. The van der Waals surface area contributed by atoms with E-state index in [4.69, 9.17) is 14.2 Å². The molecule has 3 heterocycles. The second kappa shape index (κ2) is 6.80. The summed E-state index contributed by atoms with van der Waals surface area (Å²) in [6.07, 6.45) is -0.289. The Bertz CT molecular complexity index is 757. The minimum atomic E-state index is -0.485. The van der Waals surface area contributed by atoms with Gasteiger partial charge in [-0.3, -0.25) is 4.90 Å². The summed E-state index contributed by atoms with van der Waals surface area (Å²) in [5, 5.41) is 0. The van der Waals surface area contributed by atoms with E-state index in [0.717, 1.165) is 24.2 Å². The number of cyclic esters (lactones) is 1. The second-order valence-corrected chi connectivity index (χ2v) is 8.39. The first-order chi connectivity index (χ1) is 12.8. The number of benzene rings is 1. The normalized spacial score (nSPS) is 25.6. The topological polar surface area (TPSA) is 68.3 Å². The molecular formula is C20H26N2O5. The van der Waals surface area contributed by atoms with Gasteiger partial charge >= 0.3 is 12.1 Å². The summed E-state index contributed by atoms with van der Waals surface area (Å²) >= 11 is 0. The average Bonchev–Trinajstić information content (AvgIpc) is 3.00. The summed E-state index contributed by atoms with van der Waals surface area (Å²) in [6.45, 7) is 9.40. The van der Waals surface area contributed by atoms with Gasteiger partial charge in [0.15, 0.2) is 0 Å². The Kier molecular flexibility index (Phi) is 4.60. The zero-order valence-electron chi connectivity index (χ0n) is 16.1. The molecule has 146 valence electrons. The number of nitrogens with zero attached hydrogens (tertiary/aromatic N) is 2. The Morgan fingerprint density at radius 2 is 2.04 bits per heavy atom. The number of fused-ring (bicyclic) bond motifs is 2. The number of hydrogen-bond donors (Lipinski definition) is 0. The van der Waals surface area contributed by atoms with E-state index in [1.165, 1.54) is 0 Å². The predicted octanol–water partition coefficient (Wildman–Crippen LogP) is 2.35. The highest BCUT2D eigenvalue weighted by Gasteiger charge is 2.37. The van der Waals surface area contributed by atoms with Crippen molar-refractivity contribution >= 4 is 12.1 Å². The van der Waals surface area contributed by atoms with E-state index in [0.29, 0.717) is 31.9 Å². The summed E-state index contributed by atoms with van der Waals surface area (Å²) < 4.78 is 16.7. The number of carbonyl (C=O) groups excluding carboxylic acids is 2. The van der Waals surface area contributed by atoms with Gasteiger partial charge in [-0.2, -0.15) is 0 Å². The summed E-state index contributed by atoms with van der Waals surface area (Å²) in [4.78, 5) is 28.1. The number of rotatable bonds is 1. The van der Waals surface area contributed by atoms with Crippen molar-refractivity contribution in [3.8, 4) is 0 Å². The molecule has 0 N–H and O–H groups in total. The number of carbonyl (C=O) groups is 2. The number of morpholine rings is 1. The summed E-state index contributed by atoms with van der Waals surface area (Å²) in [5.41, 5.74) is 2.16. The zero-order chi connectivity index (χ0) is 19.2. The molecule has 7 nitrogen and oxygen atoms in total. The Morgan fingerprint density at radius 1 is 1.22 bits per heavy atom. The molecule has 0 bridgehead atoms. The monoisotopic (exact) mass is 374 g/mol. The van der Waals surface area contributed by atoms with Crippen LogP contribution in [0.3, 0.4) is 0 Å². The lowest BCUT2D eigenvalue weighted by molar-refractivity contribution is -0.0906. The minimum Gasteiger partial charge on any atom is -0.457 e. The number of esters is 1. The minimum absolute atomic E-state index is 0.0321. The molecule has 3 aliphatic rings. The summed E-state index contributed by atoms with van der Waals surface area (Å²) in [5.74, 6) is -0.251. The van der Waals surface area contributed by atoms with Crippen LogP contribution in [0.2, 0.25) is 0 Å². The third-order valence-corrected chi connectivity index (χ3v) is 5.23. The van der Waals surface area contributed by atoms with E-state index >= 15 is 0 Å². The molecule has 0 saturated carbocycles. The molecular weight excluding hydrogens is 348 g/mol. The Hall–Kier alpha value is -2.12. The highest BCUT2D eigenvalue weighted by Crippen LogP contribution is 2.30. The average molecular weight is 374 g/mol. The molecule has 0 aromatic heterocycles. The fourth-order valence-corrected chi connectivity index (χ4v) is 3.83. The van der Waals surface area contributed by atoms with Gasteiger partial charge in [-0.1, -0.05) is 6.07 Å². The third-order valence-electron chi connectivity index (χ3n) is 5.23. The van der Waals surface area contributed by atoms with Gasteiger partial charge in [0.05, 0.1) is 24.3 Å². The van der Waals surface area contributed by atoms with Gasteiger partial charge in [0.25, 0.3) is 0 Å². The lowest BCUT2D eigenvalue weighted by Crippen LogP contribution is -2.60. The van der Waals surface area contributed by atoms with Crippen LogP contribution in [-0.2, 0) is 20.8 Å². The molecule has 2 saturated heterocycles. The van der Waals surface area contributed by atoms with E-state index in [1.54, 1.807) is 4.90 Å². The molecule has 2 atom stereocenters. The number of ether oxygens (including phenoxy) is 3. The van der Waals surface area contributed by atoms with Crippen LogP contribution >= 0.6 is 0 Å². The van der Waals surface area contributed by atoms with Crippen LogP contribution in [0.1, 0.15) is 48.4 Å². The molecule has 2 fully saturated rings. The summed E-state index contributed by atoms with van der Waals surface area (Å²) in [7, 11) is 0. The van der Waals surface area contributed by atoms with E-state index in [2.05, 4.69) is 4.90 Å². The van der Waals surface area contributed by atoms with E-state index < -0.39 is 5.60 Å². The van der Waals surface area contributed by atoms with E-state index in [9.17, 15) is 9.59 Å². The molecule has 0 spiro atoms. The highest BCUT2D eigenvalue weighted by atomic mass is 16.6. The van der Waals surface area contributed by atoms with Crippen molar-refractivity contribution in [1.82, 2.24) is 9.80 Å². The first-order valence-electron chi connectivity index (χ1n) is 9.44. The van der Waals surface area contributed by atoms with Gasteiger partial charge in [0, 0.05) is 31.7 Å². The number of amides is 1. The molecule has 1 aromatic carbocycles. The molecule has 4 rings (SSSR count). The summed E-state index contributed by atoms with van der Waals surface area (Å²) in [6, 6.07) is 5.98. The second-order valence-electron chi connectivity index (χ2n) is 8.39. The van der Waals surface area contributed by atoms with Crippen LogP contribution in [0.15, 0.2) is 18.2 Å². The lowest BCUT2D eigenvalue weighted by Gasteiger charge is -2.46. The van der Waals surface area contributed by atoms with E-state index in [1.807, 2.05) is 39.0 Å². The van der Waals surface area contributed by atoms with Gasteiger partial charge in [0.1, 0.15) is 12.2 Å². The van der Waals surface area contributed by atoms with Crippen LogP contribution in [-0.4, -0.2) is 66.3 Å². The maximum Gasteiger partial charge on any atom is 0.410 e. The highest BCUT2D eigenvalue weighted by molar-refractivity contribution is 5.93. The Morgan fingerprint density at radius 3 is 2.81 bits per heavy atom. The first kappa shape index (κ1) is 18.3. The van der Waals surface area contributed by atoms with Crippen molar-refractivity contribution in [3.63, 3.8) is 0 Å². The van der Waals surface area contributed by atoms with Crippen LogP contribution < -0.4 is 0 Å². The molecule has 27 heavy (non-hydrogen) atoms. The predicted molar refractivity (Wildman–Crippen MR) is 97.4 cm³/mol. The van der Waals surface area contributed by atoms with Gasteiger partial charge in [-0.25, -0.2) is 9.59 Å². The van der Waals surface area contributed by atoms with Gasteiger partial charge in [-0.05, 0) is 38.5 Å². The number of piperazine rings is 1. The molecule has 0 aliphatic carbocycles. The molecule has 0 unspecified atom stereocenters. The van der Waals surface area contributed by atoms with Crippen LogP contribution in [0.25, 0.3) is 0 Å². The van der Waals surface area contributed by atoms with Crippen molar-refractivity contribution in [3.05, 3.63) is 34.9 Å². The maximum absolute atomic E-state index is 12.3. The van der Waals surface area contributed by atoms with E-state index in [-0.39, 0.29) is 24.2 Å². The van der Waals surface area contributed by atoms with Crippen molar-refractivity contribution in [1.29, 1.82) is 0 Å². The fraction of sp³-hybridized carbons (Fsp3) is 0.600. The van der Waals surface area contributed by atoms with Crippen molar-refractivity contribution in [2.24, 2.45) is 0 Å². The lowest BCUT2D eigenvalue weighted by atomic mass is 10.00. The maximum atomic E-state index is 12.3. The standard InChI is InChI=1S/C20H26N2O5/c1-20(2,3)27-19(24)22-7-6-21-10-17(25-12-15(21)9-22)13-4-5-16-14(8-13)11-26-18(16)23/h4-5,8,15,17H,6-7,9-12H2,1-3H3/t15-,17+/m0/s1. The molecule has 1 amide bonds. The fourth-order valence-electron chi connectivity index (χ4n) is 3.83. The largest absolute Gasteiger partial charge is 0.457 e.